The smallest absolute Gasteiger partial charge is 0.318 e. The minimum atomic E-state index is -4.69. The highest BCUT2D eigenvalue weighted by molar-refractivity contribution is 7.93. The van der Waals surface area contributed by atoms with Crippen molar-refractivity contribution >= 4 is 27.6 Å². The molecule has 1 aromatic heterocycles. The Balaban J connectivity index is 0.00000504. The van der Waals surface area contributed by atoms with Gasteiger partial charge in [-0.15, -0.1) is 0 Å². The first kappa shape index (κ1) is 37.3. The number of fused-ring (bicyclic) bond motifs is 1. The third kappa shape index (κ3) is 6.66. The fourth-order valence-electron chi connectivity index (χ4n) is 7.05. The number of ether oxygens (including phenoxy) is 3. The van der Waals surface area contributed by atoms with Crippen molar-refractivity contribution in [2.45, 2.75) is 43.7 Å². The first-order chi connectivity index (χ1) is 24.1. The number of sulfonamides is 1. The van der Waals surface area contributed by atoms with Crippen LogP contribution in [0.15, 0.2) is 59.6 Å². The molecule has 0 spiro atoms. The van der Waals surface area contributed by atoms with Gasteiger partial charge in [0.05, 0.1) is 43.7 Å². The van der Waals surface area contributed by atoms with Crippen LogP contribution in [0.4, 0.5) is 10.5 Å². The second-order valence-electron chi connectivity index (χ2n) is 12.5. The van der Waals surface area contributed by atoms with Crippen molar-refractivity contribution in [1.29, 1.82) is 5.26 Å². The molecule has 0 aliphatic carbocycles. The molecule has 3 aromatic rings. The van der Waals surface area contributed by atoms with Crippen LogP contribution in [-0.2, 0) is 20.4 Å². The SMILES string of the molecule is C.CCOc1ncccc1[C@]1(NC(=O)N2CCN(C3CCN(C)CC3)CC2)C(=O)N(S(=O)(=O)c2ccc(OC)cc2OC)c2ccc(C#N)cc21. The van der Waals surface area contributed by atoms with Crippen LogP contribution in [0.2, 0.25) is 0 Å². The number of piperidine rings is 1. The number of piperazine rings is 1. The third-order valence-electron chi connectivity index (χ3n) is 9.70. The van der Waals surface area contributed by atoms with Gasteiger partial charge < -0.3 is 29.3 Å². The molecule has 2 aromatic carbocycles. The number of likely N-dealkylation sites (tertiary alicyclic amines) is 1. The number of rotatable bonds is 9. The standard InChI is InChI=1S/C35H41N7O7S.CH4/c1-5-49-32-27(7-6-14-37-32)35(38-34(44)41-19-17-40(18-20-41)25-12-15-39(2)16-13-25)28-21-24(23-36)8-10-29(28)42(33(35)43)50(45,46)31-11-9-26(47-3)22-30(31)48-4;/h6-11,14,21-22,25H,5,12-13,15-20H2,1-4H3,(H,38,44);1H4/t35-;/m1./s1. The Hall–Kier alpha value is -4.91. The average molecular weight is 720 g/mol. The van der Waals surface area contributed by atoms with Gasteiger partial charge >= 0.3 is 6.03 Å². The number of carbonyl (C=O) groups is 2. The number of pyridine rings is 1. The summed E-state index contributed by atoms with van der Waals surface area (Å²) in [5.41, 5.74) is -1.81. The van der Waals surface area contributed by atoms with Crippen molar-refractivity contribution in [3.8, 4) is 23.4 Å². The lowest BCUT2D eigenvalue weighted by atomic mass is 9.83. The van der Waals surface area contributed by atoms with E-state index in [4.69, 9.17) is 14.2 Å². The normalized spacial score (nSPS) is 19.9. The van der Waals surface area contributed by atoms with E-state index in [1.54, 1.807) is 24.0 Å². The number of hydrogen-bond donors (Lipinski definition) is 1. The summed E-state index contributed by atoms with van der Waals surface area (Å²) in [6, 6.07) is 13.5. The molecule has 51 heavy (non-hydrogen) atoms. The van der Waals surface area contributed by atoms with E-state index < -0.39 is 27.5 Å². The fraction of sp³-hybridized carbons (Fsp3) is 0.444. The molecule has 15 heteroatoms. The lowest BCUT2D eigenvalue weighted by molar-refractivity contribution is -0.121. The molecule has 3 aliphatic rings. The fourth-order valence-corrected chi connectivity index (χ4v) is 8.66. The number of hydrogen-bond acceptors (Lipinski definition) is 11. The second kappa shape index (κ2) is 15.1. The van der Waals surface area contributed by atoms with Crippen LogP contribution < -0.4 is 23.8 Å². The van der Waals surface area contributed by atoms with Gasteiger partial charge in [-0.2, -0.15) is 9.57 Å². The maximum atomic E-state index is 15.2. The number of nitrogens with zero attached hydrogens (tertiary/aromatic N) is 6. The van der Waals surface area contributed by atoms with Crippen molar-refractivity contribution in [1.82, 2.24) is 25.0 Å². The molecular formula is C36H45N7O7S. The highest BCUT2D eigenvalue weighted by atomic mass is 32.2. The molecule has 0 unspecified atom stereocenters. The summed E-state index contributed by atoms with van der Waals surface area (Å²) in [5.74, 6) is -0.660. The van der Waals surface area contributed by atoms with Crippen LogP contribution in [0.25, 0.3) is 0 Å². The Kier molecular flexibility index (Phi) is 11.1. The summed E-state index contributed by atoms with van der Waals surface area (Å²) in [6.45, 7) is 6.10. The molecule has 0 saturated carbocycles. The van der Waals surface area contributed by atoms with E-state index in [0.29, 0.717) is 42.3 Å². The van der Waals surface area contributed by atoms with Gasteiger partial charge in [0.2, 0.25) is 5.88 Å². The number of nitrogens with one attached hydrogen (secondary N) is 1. The topological polar surface area (TPSA) is 158 Å². The molecule has 2 fully saturated rings. The number of urea groups is 1. The zero-order chi connectivity index (χ0) is 35.6. The van der Waals surface area contributed by atoms with Gasteiger partial charge in [-0.3, -0.25) is 9.69 Å². The van der Waals surface area contributed by atoms with Gasteiger partial charge in [0.25, 0.3) is 15.9 Å². The molecule has 3 aliphatic heterocycles. The molecular weight excluding hydrogens is 675 g/mol. The van der Waals surface area contributed by atoms with Crippen molar-refractivity contribution in [3.63, 3.8) is 0 Å². The van der Waals surface area contributed by atoms with Crippen LogP contribution >= 0.6 is 0 Å². The van der Waals surface area contributed by atoms with Crippen molar-refractivity contribution in [2.75, 3.05) is 71.4 Å². The minimum Gasteiger partial charge on any atom is -0.497 e. The Labute approximate surface area is 299 Å². The van der Waals surface area contributed by atoms with Gasteiger partial charge in [-0.25, -0.2) is 18.2 Å². The monoisotopic (exact) mass is 719 g/mol. The summed E-state index contributed by atoms with van der Waals surface area (Å²) >= 11 is 0. The number of carbonyl (C=O) groups excluding carboxylic acids is 2. The first-order valence-corrected chi connectivity index (χ1v) is 18.0. The highest BCUT2D eigenvalue weighted by Crippen LogP contribution is 2.50. The van der Waals surface area contributed by atoms with E-state index in [-0.39, 0.29) is 52.9 Å². The maximum absolute atomic E-state index is 15.2. The summed E-state index contributed by atoms with van der Waals surface area (Å²) < 4.78 is 46.4. The lowest BCUT2D eigenvalue weighted by Crippen LogP contribution is -2.61. The molecule has 0 radical (unpaired) electrons. The van der Waals surface area contributed by atoms with E-state index in [1.165, 1.54) is 56.8 Å². The molecule has 2 saturated heterocycles. The summed E-state index contributed by atoms with van der Waals surface area (Å²) in [5, 5.41) is 12.9. The van der Waals surface area contributed by atoms with Gasteiger partial charge in [0, 0.05) is 50.0 Å². The molecule has 4 heterocycles. The Morgan fingerprint density at radius 1 is 1.02 bits per heavy atom. The molecule has 6 rings (SSSR count). The summed E-state index contributed by atoms with van der Waals surface area (Å²) in [6.07, 6.45) is 3.60. The zero-order valence-corrected chi connectivity index (χ0v) is 29.4. The molecule has 14 nitrogen and oxygen atoms in total. The largest absolute Gasteiger partial charge is 0.497 e. The Bertz CT molecular complexity index is 1920. The van der Waals surface area contributed by atoms with E-state index in [9.17, 15) is 18.5 Å². The second-order valence-corrected chi connectivity index (χ2v) is 14.2. The van der Waals surface area contributed by atoms with E-state index in [0.717, 1.165) is 25.9 Å². The Morgan fingerprint density at radius 2 is 1.75 bits per heavy atom. The number of anilines is 1. The average Bonchev–Trinajstić information content (AvgIpc) is 3.39. The van der Waals surface area contributed by atoms with Crippen LogP contribution in [0, 0.1) is 11.3 Å². The van der Waals surface area contributed by atoms with Crippen LogP contribution in [-0.4, -0.2) is 113 Å². The molecule has 1 atom stereocenters. The van der Waals surface area contributed by atoms with Crippen molar-refractivity contribution < 1.29 is 32.2 Å². The number of benzene rings is 2. The van der Waals surface area contributed by atoms with E-state index >= 15 is 4.79 Å². The predicted molar refractivity (Wildman–Crippen MR) is 190 cm³/mol. The lowest BCUT2D eigenvalue weighted by Gasteiger charge is -2.43. The number of amides is 3. The quantitative estimate of drug-likeness (QED) is 0.346. The van der Waals surface area contributed by atoms with E-state index in [2.05, 4.69) is 33.2 Å². The van der Waals surface area contributed by atoms with Gasteiger partial charge in [-0.1, -0.05) is 7.43 Å². The molecule has 0 bridgehead atoms. The van der Waals surface area contributed by atoms with Crippen molar-refractivity contribution in [3.05, 3.63) is 71.4 Å². The summed E-state index contributed by atoms with van der Waals surface area (Å²) in [7, 11) is 0.177. The third-order valence-corrected chi connectivity index (χ3v) is 11.4. The molecule has 3 amide bonds. The van der Waals surface area contributed by atoms with Gasteiger partial charge in [0.1, 0.15) is 16.4 Å². The summed E-state index contributed by atoms with van der Waals surface area (Å²) in [4.78, 5) is 39.9. The number of nitriles is 1. The van der Waals surface area contributed by atoms with Crippen LogP contribution in [0.5, 0.6) is 17.4 Å². The van der Waals surface area contributed by atoms with Gasteiger partial charge in [0.15, 0.2) is 5.54 Å². The van der Waals surface area contributed by atoms with Crippen LogP contribution in [0.3, 0.4) is 0 Å². The van der Waals surface area contributed by atoms with Crippen molar-refractivity contribution in [2.24, 2.45) is 0 Å². The maximum Gasteiger partial charge on any atom is 0.318 e. The number of aromatic nitrogens is 1. The van der Waals surface area contributed by atoms with Gasteiger partial charge in [-0.05, 0) is 82.4 Å². The minimum absolute atomic E-state index is 0. The zero-order valence-electron chi connectivity index (χ0n) is 28.6. The highest BCUT2D eigenvalue weighted by Gasteiger charge is 2.59. The number of methoxy groups -OCH3 is 2. The van der Waals surface area contributed by atoms with E-state index in [1.807, 2.05) is 0 Å². The predicted octanol–water partition coefficient (Wildman–Crippen LogP) is 3.41. The van der Waals surface area contributed by atoms with Crippen LogP contribution in [0.1, 0.15) is 43.9 Å². The Morgan fingerprint density at radius 3 is 2.39 bits per heavy atom. The molecule has 272 valence electrons. The molecule has 1 N–H and O–H groups in total. The first-order valence-electron chi connectivity index (χ1n) is 16.5.